The van der Waals surface area contributed by atoms with Gasteiger partial charge in [-0.25, -0.2) is 0 Å². The highest BCUT2D eigenvalue weighted by molar-refractivity contribution is 8.04. The van der Waals surface area contributed by atoms with Crippen LogP contribution in [-0.2, 0) is 15.8 Å². The zero-order chi connectivity index (χ0) is 26.8. The lowest BCUT2D eigenvalue weighted by Gasteiger charge is -2.30. The summed E-state index contributed by atoms with van der Waals surface area (Å²) < 4.78 is 38.7. The lowest BCUT2D eigenvalue weighted by molar-refractivity contribution is -0.137. The van der Waals surface area contributed by atoms with E-state index in [9.17, 15) is 22.8 Å². The van der Waals surface area contributed by atoms with E-state index in [0.717, 1.165) is 62.3 Å². The van der Waals surface area contributed by atoms with Crippen LogP contribution in [0.2, 0.25) is 0 Å². The van der Waals surface area contributed by atoms with Crippen LogP contribution in [0.4, 0.5) is 18.9 Å². The van der Waals surface area contributed by atoms with Gasteiger partial charge in [-0.15, -0.1) is 0 Å². The number of hydrogen-bond acceptors (Lipinski definition) is 4. The number of nitrogens with zero attached hydrogens (tertiary/aromatic N) is 2. The summed E-state index contributed by atoms with van der Waals surface area (Å²) in [5.41, 5.74) is 0.375. The van der Waals surface area contributed by atoms with Crippen molar-refractivity contribution in [2.24, 2.45) is 0 Å². The monoisotopic (exact) mass is 533 g/mol. The maximum Gasteiger partial charge on any atom is 0.416 e. The number of para-hydroxylation sites is 1. The Morgan fingerprint density at radius 3 is 2.27 bits per heavy atom. The van der Waals surface area contributed by atoms with Gasteiger partial charge >= 0.3 is 6.18 Å². The molecule has 0 saturated carbocycles. The number of alkyl halides is 3. The highest BCUT2D eigenvalue weighted by atomic mass is 32.2. The Labute approximate surface area is 221 Å². The summed E-state index contributed by atoms with van der Waals surface area (Å²) in [6.07, 6.45) is 1.60. The van der Waals surface area contributed by atoms with E-state index >= 15 is 0 Å². The van der Waals surface area contributed by atoms with Gasteiger partial charge in [0.25, 0.3) is 5.91 Å². The maximum absolute atomic E-state index is 13.3. The quantitative estimate of drug-likeness (QED) is 0.330. The standard InChI is InChI=1S/C28H34F3N3O2S/c1-3-5-16-33(17-6-4-2)18-15-32-26(35)20-34-23-9-7-8-10-24(23)37-25(27(34)36)19-21-11-13-22(14-12-21)28(29,30)31/h7-14,19H,3-6,15-18,20H2,1-2H3,(H,32,35). The van der Waals surface area contributed by atoms with Crippen LogP contribution in [0.15, 0.2) is 58.3 Å². The Hall–Kier alpha value is -2.78. The van der Waals surface area contributed by atoms with Crippen LogP contribution in [0, 0.1) is 0 Å². The van der Waals surface area contributed by atoms with Crippen molar-refractivity contribution in [1.29, 1.82) is 0 Å². The van der Waals surface area contributed by atoms with Crippen LogP contribution < -0.4 is 10.2 Å². The molecule has 2 amide bonds. The van der Waals surface area contributed by atoms with Crippen molar-refractivity contribution in [2.45, 2.75) is 50.6 Å². The molecule has 5 nitrogen and oxygen atoms in total. The number of nitrogens with one attached hydrogen (secondary N) is 1. The molecule has 3 rings (SSSR count). The molecule has 1 aliphatic heterocycles. The third-order valence-electron chi connectivity index (χ3n) is 6.08. The molecule has 9 heteroatoms. The Kier molecular flexibility index (Phi) is 10.6. The molecule has 0 saturated heterocycles. The average Bonchev–Trinajstić information content (AvgIpc) is 2.87. The number of rotatable bonds is 12. The first-order valence-corrected chi connectivity index (χ1v) is 13.5. The van der Waals surface area contributed by atoms with Crippen LogP contribution in [0.5, 0.6) is 0 Å². The highest BCUT2D eigenvalue weighted by Gasteiger charge is 2.31. The van der Waals surface area contributed by atoms with Gasteiger partial charge in [0, 0.05) is 18.0 Å². The van der Waals surface area contributed by atoms with Crippen LogP contribution in [0.25, 0.3) is 6.08 Å². The van der Waals surface area contributed by atoms with Crippen molar-refractivity contribution in [1.82, 2.24) is 10.2 Å². The Morgan fingerprint density at radius 2 is 1.65 bits per heavy atom. The Bertz CT molecular complexity index is 1080. The highest BCUT2D eigenvalue weighted by Crippen LogP contribution is 2.42. The third kappa shape index (κ3) is 8.36. The lowest BCUT2D eigenvalue weighted by atomic mass is 10.1. The number of carbonyl (C=O) groups is 2. The van der Waals surface area contributed by atoms with Crippen molar-refractivity contribution in [2.75, 3.05) is 37.6 Å². The van der Waals surface area contributed by atoms with Gasteiger partial charge in [0.05, 0.1) is 16.2 Å². The minimum atomic E-state index is -4.42. The molecule has 37 heavy (non-hydrogen) atoms. The number of unbranched alkanes of at least 4 members (excludes halogenated alkanes) is 2. The molecule has 0 bridgehead atoms. The molecule has 2 aromatic carbocycles. The molecule has 1 N–H and O–H groups in total. The number of carbonyl (C=O) groups excluding carboxylic acids is 2. The molecular formula is C28H34F3N3O2S. The molecule has 0 atom stereocenters. The zero-order valence-electron chi connectivity index (χ0n) is 21.3. The van der Waals surface area contributed by atoms with E-state index in [-0.39, 0.29) is 18.4 Å². The van der Waals surface area contributed by atoms with Crippen LogP contribution in [0.1, 0.15) is 50.7 Å². The van der Waals surface area contributed by atoms with Crippen molar-refractivity contribution in [3.05, 3.63) is 64.6 Å². The second kappa shape index (κ2) is 13.7. The predicted molar refractivity (Wildman–Crippen MR) is 143 cm³/mol. The number of amides is 2. The summed E-state index contributed by atoms with van der Waals surface area (Å²) in [6, 6.07) is 12.0. The van der Waals surface area contributed by atoms with Crippen molar-refractivity contribution >= 4 is 35.3 Å². The van der Waals surface area contributed by atoms with E-state index < -0.39 is 11.7 Å². The zero-order valence-corrected chi connectivity index (χ0v) is 22.1. The second-order valence-electron chi connectivity index (χ2n) is 8.99. The summed E-state index contributed by atoms with van der Waals surface area (Å²) in [5.74, 6) is -0.610. The fourth-order valence-electron chi connectivity index (χ4n) is 3.99. The van der Waals surface area contributed by atoms with E-state index in [1.165, 1.54) is 28.8 Å². The molecule has 0 spiro atoms. The molecule has 1 aliphatic rings. The number of halogens is 3. The number of anilines is 1. The third-order valence-corrected chi connectivity index (χ3v) is 7.15. The van der Waals surface area contributed by atoms with Crippen molar-refractivity contribution in [3.8, 4) is 0 Å². The molecular weight excluding hydrogens is 499 g/mol. The van der Waals surface area contributed by atoms with Crippen LogP contribution in [0.3, 0.4) is 0 Å². The maximum atomic E-state index is 13.3. The first-order chi connectivity index (χ1) is 17.7. The number of hydrogen-bond donors (Lipinski definition) is 1. The summed E-state index contributed by atoms with van der Waals surface area (Å²) in [5, 5.41) is 2.94. The van der Waals surface area contributed by atoms with Gasteiger partial charge in [0.1, 0.15) is 6.54 Å². The van der Waals surface area contributed by atoms with E-state index in [4.69, 9.17) is 0 Å². The largest absolute Gasteiger partial charge is 0.416 e. The SMILES string of the molecule is CCCCN(CCCC)CCNC(=O)CN1C(=O)C(=Cc2ccc(C(F)(F)F)cc2)Sc2ccccc21. The van der Waals surface area contributed by atoms with E-state index in [1.54, 1.807) is 12.1 Å². The lowest BCUT2D eigenvalue weighted by Crippen LogP contribution is -2.44. The van der Waals surface area contributed by atoms with Gasteiger partial charge in [0.2, 0.25) is 5.91 Å². The second-order valence-corrected chi connectivity index (χ2v) is 10.1. The van der Waals surface area contributed by atoms with Gasteiger partial charge in [-0.2, -0.15) is 13.2 Å². The van der Waals surface area contributed by atoms with Crippen molar-refractivity contribution in [3.63, 3.8) is 0 Å². The van der Waals surface area contributed by atoms with Gasteiger partial charge < -0.3 is 10.2 Å². The van der Waals surface area contributed by atoms with E-state index in [0.29, 0.717) is 22.7 Å². The molecule has 0 aliphatic carbocycles. The van der Waals surface area contributed by atoms with Crippen LogP contribution >= 0.6 is 11.8 Å². The smallest absolute Gasteiger partial charge is 0.353 e. The van der Waals surface area contributed by atoms with Crippen molar-refractivity contribution < 1.29 is 22.8 Å². The molecule has 2 aromatic rings. The predicted octanol–water partition coefficient (Wildman–Crippen LogP) is 6.20. The normalized spacial score (nSPS) is 14.8. The van der Waals surface area contributed by atoms with Gasteiger partial charge in [-0.05, 0) is 61.8 Å². The molecule has 0 fully saturated rings. The van der Waals surface area contributed by atoms with Crippen LogP contribution in [-0.4, -0.2) is 49.4 Å². The number of benzene rings is 2. The Balaban J connectivity index is 1.69. The molecule has 0 radical (unpaired) electrons. The molecule has 1 heterocycles. The number of thioether (sulfide) groups is 1. The summed E-state index contributed by atoms with van der Waals surface area (Å²) in [4.78, 5) is 31.1. The molecule has 200 valence electrons. The fourth-order valence-corrected chi connectivity index (χ4v) is 5.05. The summed E-state index contributed by atoms with van der Waals surface area (Å²) >= 11 is 1.25. The summed E-state index contributed by atoms with van der Waals surface area (Å²) in [6.45, 7) is 7.44. The summed E-state index contributed by atoms with van der Waals surface area (Å²) in [7, 11) is 0. The fraction of sp³-hybridized carbons (Fsp3) is 0.429. The molecule has 0 unspecified atom stereocenters. The van der Waals surface area contributed by atoms with E-state index in [2.05, 4.69) is 24.1 Å². The van der Waals surface area contributed by atoms with Gasteiger partial charge in [-0.1, -0.05) is 62.7 Å². The van der Waals surface area contributed by atoms with Gasteiger partial charge in [0.15, 0.2) is 0 Å². The van der Waals surface area contributed by atoms with E-state index in [1.807, 2.05) is 18.2 Å². The Morgan fingerprint density at radius 1 is 1.00 bits per heavy atom. The number of fused-ring (bicyclic) bond motifs is 1. The minimum absolute atomic E-state index is 0.134. The molecule has 0 aromatic heterocycles. The first kappa shape index (κ1) is 28.8. The van der Waals surface area contributed by atoms with Gasteiger partial charge in [-0.3, -0.25) is 14.5 Å². The average molecular weight is 534 g/mol. The topological polar surface area (TPSA) is 52.7 Å². The first-order valence-electron chi connectivity index (χ1n) is 12.7. The minimum Gasteiger partial charge on any atom is -0.353 e.